The summed E-state index contributed by atoms with van der Waals surface area (Å²) in [6.45, 7) is -0.651. The summed E-state index contributed by atoms with van der Waals surface area (Å²) in [4.78, 5) is 18.0. The molecule has 0 bridgehead atoms. The molecule has 1 unspecified atom stereocenters. The molecule has 0 aliphatic heterocycles. The maximum absolute atomic E-state index is 11.1. The van der Waals surface area contributed by atoms with Crippen molar-refractivity contribution in [3.8, 4) is 0 Å². The molecule has 0 spiro atoms. The molecule has 0 aromatic rings. The fourth-order valence-corrected chi connectivity index (χ4v) is 2.80. The van der Waals surface area contributed by atoms with E-state index in [0.29, 0.717) is 12.8 Å². The molecule has 0 amide bonds. The third-order valence-electron chi connectivity index (χ3n) is 2.86. The summed E-state index contributed by atoms with van der Waals surface area (Å²) < 4.78 is 11.1. The highest BCUT2D eigenvalue weighted by atomic mass is 31.2. The molecule has 13 heavy (non-hydrogen) atoms. The van der Waals surface area contributed by atoms with Crippen LogP contribution in [0.3, 0.4) is 0 Å². The molecule has 6 heteroatoms. The lowest BCUT2D eigenvalue weighted by molar-refractivity contribution is 0.169. The quantitative estimate of drug-likeness (QED) is 0.490. The molecule has 1 atom stereocenters. The molecule has 1 saturated carbocycles. The molecule has 0 aromatic heterocycles. The highest BCUT2D eigenvalue weighted by Crippen LogP contribution is 2.54. The number of rotatable bonds is 3. The molecule has 0 radical (unpaired) electrons. The maximum Gasteiger partial charge on any atom is 0.347 e. The number of aliphatic hydroxyl groups is 1. The van der Waals surface area contributed by atoms with Gasteiger partial charge >= 0.3 is 7.60 Å². The maximum atomic E-state index is 11.1. The van der Waals surface area contributed by atoms with Crippen LogP contribution in [0.4, 0.5) is 0 Å². The SMILES string of the molecule is NC(CO)(C1CCCC1)P(=O)(O)O. The fourth-order valence-electron chi connectivity index (χ4n) is 1.88. The van der Waals surface area contributed by atoms with Crippen molar-refractivity contribution in [2.75, 3.05) is 6.61 Å². The van der Waals surface area contributed by atoms with Gasteiger partial charge in [0.25, 0.3) is 0 Å². The average Bonchev–Trinajstić information content (AvgIpc) is 2.52. The van der Waals surface area contributed by atoms with Gasteiger partial charge in [-0.2, -0.15) is 0 Å². The Hall–Kier alpha value is 0.0700. The first-order valence-electron chi connectivity index (χ1n) is 4.37. The van der Waals surface area contributed by atoms with Crippen molar-refractivity contribution in [3.63, 3.8) is 0 Å². The van der Waals surface area contributed by atoms with E-state index < -0.39 is 19.5 Å². The van der Waals surface area contributed by atoms with Crippen molar-refractivity contribution < 1.29 is 19.5 Å². The number of hydrogen-bond donors (Lipinski definition) is 4. The third kappa shape index (κ3) is 1.95. The standard InChI is InChI=1S/C7H16NO4P/c8-7(5-9,13(10,11)12)6-3-1-2-4-6/h6,9H,1-5,8H2,(H2,10,11,12). The van der Waals surface area contributed by atoms with Crippen molar-refractivity contribution in [3.05, 3.63) is 0 Å². The first-order chi connectivity index (χ1) is 5.92. The summed E-state index contributed by atoms with van der Waals surface area (Å²) in [5.74, 6) is -0.252. The van der Waals surface area contributed by atoms with Gasteiger partial charge < -0.3 is 20.6 Å². The molecule has 0 aromatic carbocycles. The van der Waals surface area contributed by atoms with Crippen molar-refractivity contribution in [1.82, 2.24) is 0 Å². The second kappa shape index (κ2) is 3.67. The second-order valence-electron chi connectivity index (χ2n) is 3.67. The second-order valence-corrected chi connectivity index (χ2v) is 5.60. The molecule has 78 valence electrons. The number of nitrogens with two attached hydrogens (primary N) is 1. The van der Waals surface area contributed by atoms with Crippen molar-refractivity contribution in [2.24, 2.45) is 11.7 Å². The van der Waals surface area contributed by atoms with Gasteiger partial charge in [-0.05, 0) is 18.8 Å². The van der Waals surface area contributed by atoms with E-state index in [4.69, 9.17) is 20.6 Å². The van der Waals surface area contributed by atoms with Gasteiger partial charge in [-0.1, -0.05) is 12.8 Å². The van der Waals surface area contributed by atoms with Crippen LogP contribution in [-0.2, 0) is 4.57 Å². The molecule has 1 aliphatic carbocycles. The first-order valence-corrected chi connectivity index (χ1v) is 5.98. The van der Waals surface area contributed by atoms with Gasteiger partial charge in [0.05, 0.1) is 6.61 Å². The number of aliphatic hydroxyl groups excluding tert-OH is 1. The Balaban J connectivity index is 2.85. The van der Waals surface area contributed by atoms with Crippen molar-refractivity contribution >= 4 is 7.60 Å². The van der Waals surface area contributed by atoms with Crippen molar-refractivity contribution in [2.45, 2.75) is 31.0 Å². The highest BCUT2D eigenvalue weighted by Gasteiger charge is 2.49. The van der Waals surface area contributed by atoms with Crippen LogP contribution >= 0.6 is 7.60 Å². The minimum Gasteiger partial charge on any atom is -0.394 e. The Morgan fingerprint density at radius 3 is 2.15 bits per heavy atom. The van der Waals surface area contributed by atoms with E-state index in [9.17, 15) is 4.57 Å². The lowest BCUT2D eigenvalue weighted by Gasteiger charge is -2.33. The van der Waals surface area contributed by atoms with E-state index in [0.717, 1.165) is 12.8 Å². The molecule has 1 fully saturated rings. The Bertz CT molecular complexity index is 223. The third-order valence-corrected chi connectivity index (χ3v) is 4.45. The van der Waals surface area contributed by atoms with Gasteiger partial charge in [-0.3, -0.25) is 4.57 Å². The lowest BCUT2D eigenvalue weighted by Crippen LogP contribution is -2.49. The zero-order valence-corrected chi connectivity index (χ0v) is 8.28. The Labute approximate surface area is 77.1 Å². The van der Waals surface area contributed by atoms with Crippen LogP contribution in [0.25, 0.3) is 0 Å². The van der Waals surface area contributed by atoms with Crippen LogP contribution in [0.15, 0.2) is 0 Å². The topological polar surface area (TPSA) is 104 Å². The molecule has 1 rings (SSSR count). The molecular formula is C7H16NO4P. The van der Waals surface area contributed by atoms with E-state index >= 15 is 0 Å². The van der Waals surface area contributed by atoms with Crippen LogP contribution in [0.2, 0.25) is 0 Å². The molecule has 5 N–H and O–H groups in total. The summed E-state index contributed by atoms with van der Waals surface area (Å²) in [6.07, 6.45) is 3.26. The Kier molecular flexibility index (Phi) is 3.15. The van der Waals surface area contributed by atoms with E-state index in [-0.39, 0.29) is 5.92 Å². The Morgan fingerprint density at radius 1 is 1.38 bits per heavy atom. The highest BCUT2D eigenvalue weighted by molar-refractivity contribution is 7.53. The summed E-state index contributed by atoms with van der Waals surface area (Å²) in [5, 5.41) is 7.25. The van der Waals surface area contributed by atoms with Crippen molar-refractivity contribution in [1.29, 1.82) is 0 Å². The minimum atomic E-state index is -4.41. The van der Waals surface area contributed by atoms with Crippen LogP contribution in [0, 0.1) is 5.92 Å². The van der Waals surface area contributed by atoms with E-state index in [2.05, 4.69) is 0 Å². The monoisotopic (exact) mass is 209 g/mol. The number of hydrogen-bond acceptors (Lipinski definition) is 3. The fraction of sp³-hybridized carbons (Fsp3) is 1.00. The molecule has 1 aliphatic rings. The first kappa shape index (κ1) is 11.1. The molecule has 0 saturated heterocycles. The summed E-state index contributed by atoms with van der Waals surface area (Å²) in [5.41, 5.74) is 5.57. The average molecular weight is 209 g/mol. The van der Waals surface area contributed by atoms with Gasteiger partial charge in [-0.25, -0.2) is 0 Å². The van der Waals surface area contributed by atoms with Gasteiger partial charge in [0.15, 0.2) is 0 Å². The van der Waals surface area contributed by atoms with E-state index in [1.165, 1.54) is 0 Å². The summed E-state index contributed by atoms with van der Waals surface area (Å²) in [7, 11) is -4.41. The molecule has 0 heterocycles. The predicted octanol–water partition coefficient (Wildman–Crippen LogP) is 0.00160. The lowest BCUT2D eigenvalue weighted by atomic mass is 9.99. The van der Waals surface area contributed by atoms with Crippen LogP contribution in [0.1, 0.15) is 25.7 Å². The largest absolute Gasteiger partial charge is 0.394 e. The summed E-state index contributed by atoms with van der Waals surface area (Å²) >= 11 is 0. The smallest absolute Gasteiger partial charge is 0.347 e. The van der Waals surface area contributed by atoms with Crippen LogP contribution < -0.4 is 5.73 Å². The van der Waals surface area contributed by atoms with Gasteiger partial charge in [0.1, 0.15) is 5.28 Å². The van der Waals surface area contributed by atoms with E-state index in [1.54, 1.807) is 0 Å². The van der Waals surface area contributed by atoms with Crippen LogP contribution in [-0.4, -0.2) is 26.8 Å². The van der Waals surface area contributed by atoms with Gasteiger partial charge in [-0.15, -0.1) is 0 Å². The zero-order chi connectivity index (χ0) is 10.1. The van der Waals surface area contributed by atoms with Crippen LogP contribution in [0.5, 0.6) is 0 Å². The van der Waals surface area contributed by atoms with Gasteiger partial charge in [0, 0.05) is 0 Å². The summed E-state index contributed by atoms with van der Waals surface area (Å²) in [6, 6.07) is 0. The minimum absolute atomic E-state index is 0.252. The predicted molar refractivity (Wildman–Crippen MR) is 48.0 cm³/mol. The Morgan fingerprint density at radius 2 is 1.85 bits per heavy atom. The van der Waals surface area contributed by atoms with Gasteiger partial charge in [0.2, 0.25) is 0 Å². The zero-order valence-electron chi connectivity index (χ0n) is 7.39. The van der Waals surface area contributed by atoms with E-state index in [1.807, 2.05) is 0 Å². The molecular weight excluding hydrogens is 193 g/mol. The molecule has 5 nitrogen and oxygen atoms in total. The normalized spacial score (nSPS) is 24.6.